The molecule has 106 valence electrons. The van der Waals surface area contributed by atoms with Crippen molar-refractivity contribution < 1.29 is 0 Å². The van der Waals surface area contributed by atoms with Gasteiger partial charge in [0.25, 0.3) is 0 Å². The molecule has 0 radical (unpaired) electrons. The highest BCUT2D eigenvalue weighted by molar-refractivity contribution is 6.29. The standard InChI is InChI=1S/C16H20ClN3/c1-3-5-11-20(4-2)15-12-14(17)18-16(19-15)13-9-7-6-8-10-13/h6-10,12H,3-5,11H2,1-2H3. The van der Waals surface area contributed by atoms with Crippen molar-refractivity contribution in [2.24, 2.45) is 0 Å². The summed E-state index contributed by atoms with van der Waals surface area (Å²) in [5.74, 6) is 1.59. The summed E-state index contributed by atoms with van der Waals surface area (Å²) in [6, 6.07) is 11.8. The molecule has 0 bridgehead atoms. The van der Waals surface area contributed by atoms with Gasteiger partial charge in [-0.15, -0.1) is 0 Å². The maximum Gasteiger partial charge on any atom is 0.163 e. The van der Waals surface area contributed by atoms with Crippen LogP contribution in [0, 0.1) is 0 Å². The average molecular weight is 290 g/mol. The van der Waals surface area contributed by atoms with Crippen LogP contribution < -0.4 is 4.90 Å². The normalized spacial score (nSPS) is 10.6. The van der Waals surface area contributed by atoms with Gasteiger partial charge in [-0.3, -0.25) is 0 Å². The van der Waals surface area contributed by atoms with E-state index in [9.17, 15) is 0 Å². The van der Waals surface area contributed by atoms with Crippen LogP contribution in [0.25, 0.3) is 11.4 Å². The zero-order valence-electron chi connectivity index (χ0n) is 12.0. The number of halogens is 1. The largest absolute Gasteiger partial charge is 0.357 e. The van der Waals surface area contributed by atoms with Crippen molar-refractivity contribution in [3.05, 3.63) is 41.6 Å². The number of hydrogen-bond acceptors (Lipinski definition) is 3. The van der Waals surface area contributed by atoms with Gasteiger partial charge in [0.2, 0.25) is 0 Å². The first-order chi connectivity index (χ1) is 9.74. The lowest BCUT2D eigenvalue weighted by Crippen LogP contribution is -2.25. The van der Waals surface area contributed by atoms with Crippen LogP contribution in [0.5, 0.6) is 0 Å². The minimum Gasteiger partial charge on any atom is -0.357 e. The molecule has 4 heteroatoms. The summed E-state index contributed by atoms with van der Waals surface area (Å²) >= 11 is 6.16. The summed E-state index contributed by atoms with van der Waals surface area (Å²) in [6.07, 6.45) is 2.32. The molecule has 0 saturated heterocycles. The van der Waals surface area contributed by atoms with Gasteiger partial charge < -0.3 is 4.90 Å². The zero-order chi connectivity index (χ0) is 14.4. The smallest absolute Gasteiger partial charge is 0.163 e. The highest BCUT2D eigenvalue weighted by atomic mass is 35.5. The highest BCUT2D eigenvalue weighted by Crippen LogP contribution is 2.22. The van der Waals surface area contributed by atoms with Gasteiger partial charge >= 0.3 is 0 Å². The second kappa shape index (κ2) is 7.25. The molecule has 3 nitrogen and oxygen atoms in total. The van der Waals surface area contributed by atoms with Crippen molar-refractivity contribution in [3.63, 3.8) is 0 Å². The molecule has 1 aromatic heterocycles. The number of hydrogen-bond donors (Lipinski definition) is 0. The van der Waals surface area contributed by atoms with E-state index in [4.69, 9.17) is 11.6 Å². The number of nitrogens with zero attached hydrogens (tertiary/aromatic N) is 3. The number of aromatic nitrogens is 2. The number of benzene rings is 1. The lowest BCUT2D eigenvalue weighted by molar-refractivity contribution is 0.723. The van der Waals surface area contributed by atoms with Crippen LogP contribution in [0.4, 0.5) is 5.82 Å². The van der Waals surface area contributed by atoms with E-state index >= 15 is 0 Å². The Morgan fingerprint density at radius 1 is 1.10 bits per heavy atom. The van der Waals surface area contributed by atoms with Crippen LogP contribution in [-0.4, -0.2) is 23.1 Å². The van der Waals surface area contributed by atoms with E-state index in [0.717, 1.165) is 30.9 Å². The first-order valence-electron chi connectivity index (χ1n) is 7.09. The van der Waals surface area contributed by atoms with Crippen LogP contribution in [0.3, 0.4) is 0 Å². The third-order valence-corrected chi connectivity index (χ3v) is 3.39. The molecule has 1 heterocycles. The lowest BCUT2D eigenvalue weighted by Gasteiger charge is -2.22. The van der Waals surface area contributed by atoms with E-state index in [0.29, 0.717) is 11.0 Å². The quantitative estimate of drug-likeness (QED) is 0.737. The maximum atomic E-state index is 6.16. The van der Waals surface area contributed by atoms with Crippen LogP contribution in [0.1, 0.15) is 26.7 Å². The van der Waals surface area contributed by atoms with E-state index in [1.165, 1.54) is 6.42 Å². The van der Waals surface area contributed by atoms with Gasteiger partial charge in [-0.25, -0.2) is 9.97 Å². The Morgan fingerprint density at radius 3 is 2.50 bits per heavy atom. The first-order valence-corrected chi connectivity index (χ1v) is 7.47. The van der Waals surface area contributed by atoms with Gasteiger partial charge in [0.15, 0.2) is 5.82 Å². The van der Waals surface area contributed by atoms with Gasteiger partial charge in [-0.05, 0) is 13.3 Å². The molecule has 1 aromatic carbocycles. The Hall–Kier alpha value is -1.61. The minimum atomic E-state index is 0.490. The molecule has 0 unspecified atom stereocenters. The first kappa shape index (κ1) is 14.8. The summed E-state index contributed by atoms with van der Waals surface area (Å²) in [6.45, 7) is 6.24. The second-order valence-electron chi connectivity index (χ2n) is 4.67. The molecule has 0 aliphatic carbocycles. The molecule has 0 aliphatic rings. The topological polar surface area (TPSA) is 29.0 Å². The third kappa shape index (κ3) is 3.70. The monoisotopic (exact) mass is 289 g/mol. The van der Waals surface area contributed by atoms with E-state index < -0.39 is 0 Å². The maximum absolute atomic E-state index is 6.16. The predicted molar refractivity (Wildman–Crippen MR) is 85.3 cm³/mol. The molecule has 2 rings (SSSR count). The summed E-state index contributed by atoms with van der Waals surface area (Å²) in [5.41, 5.74) is 0.989. The average Bonchev–Trinajstić information content (AvgIpc) is 2.48. The Kier molecular flexibility index (Phi) is 5.36. The van der Waals surface area contributed by atoms with Crippen LogP contribution in [0.15, 0.2) is 36.4 Å². The molecule has 0 N–H and O–H groups in total. The fourth-order valence-corrected chi connectivity index (χ4v) is 2.25. The lowest BCUT2D eigenvalue weighted by atomic mass is 10.2. The summed E-state index contributed by atoms with van der Waals surface area (Å²) < 4.78 is 0. The van der Waals surface area contributed by atoms with Crippen molar-refractivity contribution in [1.29, 1.82) is 0 Å². The molecular formula is C16H20ClN3. The molecule has 20 heavy (non-hydrogen) atoms. The van der Waals surface area contributed by atoms with Crippen LogP contribution in [0.2, 0.25) is 5.15 Å². The molecule has 0 aliphatic heterocycles. The number of rotatable bonds is 6. The van der Waals surface area contributed by atoms with Crippen molar-refractivity contribution in [2.45, 2.75) is 26.7 Å². The van der Waals surface area contributed by atoms with Gasteiger partial charge in [-0.1, -0.05) is 55.3 Å². The fraction of sp³-hybridized carbons (Fsp3) is 0.375. The van der Waals surface area contributed by atoms with E-state index in [1.807, 2.05) is 36.4 Å². The Bertz CT molecular complexity index is 543. The molecule has 0 amide bonds. The Balaban J connectivity index is 2.33. The summed E-state index contributed by atoms with van der Waals surface area (Å²) in [7, 11) is 0. The second-order valence-corrected chi connectivity index (χ2v) is 5.06. The fourth-order valence-electron chi connectivity index (χ4n) is 2.07. The molecular weight excluding hydrogens is 270 g/mol. The zero-order valence-corrected chi connectivity index (χ0v) is 12.8. The molecule has 0 spiro atoms. The van der Waals surface area contributed by atoms with E-state index in [2.05, 4.69) is 28.7 Å². The predicted octanol–water partition coefficient (Wildman–Crippen LogP) is 4.42. The number of unbranched alkanes of at least 4 members (excludes halogenated alkanes) is 1. The van der Waals surface area contributed by atoms with Crippen molar-refractivity contribution >= 4 is 17.4 Å². The van der Waals surface area contributed by atoms with Gasteiger partial charge in [0, 0.05) is 24.7 Å². The molecule has 0 saturated carbocycles. The summed E-state index contributed by atoms with van der Waals surface area (Å²) in [5, 5.41) is 0.490. The number of anilines is 1. The minimum absolute atomic E-state index is 0.490. The Morgan fingerprint density at radius 2 is 1.85 bits per heavy atom. The van der Waals surface area contributed by atoms with Gasteiger partial charge in [0.1, 0.15) is 11.0 Å². The van der Waals surface area contributed by atoms with E-state index in [-0.39, 0.29) is 0 Å². The van der Waals surface area contributed by atoms with Crippen molar-refractivity contribution in [3.8, 4) is 11.4 Å². The SMILES string of the molecule is CCCCN(CC)c1cc(Cl)nc(-c2ccccc2)n1. The van der Waals surface area contributed by atoms with Crippen LogP contribution >= 0.6 is 11.6 Å². The van der Waals surface area contributed by atoms with Crippen molar-refractivity contribution in [2.75, 3.05) is 18.0 Å². The molecule has 2 aromatic rings. The van der Waals surface area contributed by atoms with Gasteiger partial charge in [-0.2, -0.15) is 0 Å². The van der Waals surface area contributed by atoms with E-state index in [1.54, 1.807) is 0 Å². The highest BCUT2D eigenvalue weighted by Gasteiger charge is 2.10. The van der Waals surface area contributed by atoms with Crippen molar-refractivity contribution in [1.82, 2.24) is 9.97 Å². The van der Waals surface area contributed by atoms with Crippen LogP contribution in [-0.2, 0) is 0 Å². The summed E-state index contributed by atoms with van der Waals surface area (Å²) in [4.78, 5) is 11.2. The van der Waals surface area contributed by atoms with Gasteiger partial charge in [0.05, 0.1) is 0 Å². The molecule has 0 atom stereocenters. The Labute approximate surface area is 125 Å². The third-order valence-electron chi connectivity index (χ3n) is 3.20. The molecule has 0 fully saturated rings.